The lowest BCUT2D eigenvalue weighted by Gasteiger charge is -2.20. The molecule has 8 nitrogen and oxygen atoms in total. The summed E-state index contributed by atoms with van der Waals surface area (Å²) in [5.74, 6) is -3.65. The standard InChI is InChI=1S/C16H17FN2O2.C11H9FN2.C2HF3O2/c1-16(2,3)21-15(20)19-13-10-18-9-12(17)14(13)11-7-5-4-6-8-11;12-9-6-14-7-10(13)11(9)8-4-2-1-3-5-8;3-2(4,5)1(6)7/h4-10H,1-3H3,(H,19,20);1-7H,13H2;(H,6,7). The second-order valence-corrected chi connectivity index (χ2v) is 9.29. The van der Waals surface area contributed by atoms with Crippen molar-refractivity contribution < 1.29 is 41.4 Å². The number of hydrogen-bond acceptors (Lipinski definition) is 6. The largest absolute Gasteiger partial charge is 0.490 e. The van der Waals surface area contributed by atoms with Crippen molar-refractivity contribution in [3.8, 4) is 22.3 Å². The summed E-state index contributed by atoms with van der Waals surface area (Å²) in [6.07, 6.45) is -0.603. The summed E-state index contributed by atoms with van der Waals surface area (Å²) in [7, 11) is 0. The second-order valence-electron chi connectivity index (χ2n) is 9.29. The van der Waals surface area contributed by atoms with Crippen LogP contribution in [-0.4, -0.2) is 38.9 Å². The number of hydrogen-bond donors (Lipinski definition) is 3. The first-order chi connectivity index (χ1) is 19.6. The number of nitrogens with zero attached hydrogens (tertiary/aromatic N) is 2. The van der Waals surface area contributed by atoms with Gasteiger partial charge in [0.15, 0.2) is 11.6 Å². The van der Waals surface area contributed by atoms with Crippen molar-refractivity contribution in [3.63, 3.8) is 0 Å². The molecule has 1 amide bonds. The number of nitrogens with one attached hydrogen (secondary N) is 1. The molecule has 2 heterocycles. The Labute approximate surface area is 238 Å². The molecule has 0 fully saturated rings. The van der Waals surface area contributed by atoms with E-state index in [0.29, 0.717) is 16.8 Å². The number of aliphatic carboxylic acids is 1. The minimum absolute atomic E-state index is 0.274. The van der Waals surface area contributed by atoms with Crippen LogP contribution in [0.1, 0.15) is 20.8 Å². The monoisotopic (exact) mass is 590 g/mol. The number of nitrogen functional groups attached to an aromatic ring is 1. The van der Waals surface area contributed by atoms with Crippen molar-refractivity contribution in [2.75, 3.05) is 11.1 Å². The van der Waals surface area contributed by atoms with Gasteiger partial charge in [0.05, 0.1) is 36.2 Å². The summed E-state index contributed by atoms with van der Waals surface area (Å²) in [5.41, 5.74) is 7.78. The van der Waals surface area contributed by atoms with Crippen molar-refractivity contribution in [1.29, 1.82) is 0 Å². The number of halogens is 5. The predicted molar refractivity (Wildman–Crippen MR) is 147 cm³/mol. The van der Waals surface area contributed by atoms with Gasteiger partial charge in [-0.2, -0.15) is 13.2 Å². The molecule has 0 saturated heterocycles. The highest BCUT2D eigenvalue weighted by atomic mass is 19.4. The van der Waals surface area contributed by atoms with Crippen LogP contribution in [0.3, 0.4) is 0 Å². The number of carbonyl (C=O) groups excluding carboxylic acids is 1. The SMILES string of the molecule is CC(C)(C)OC(=O)Nc1cncc(F)c1-c1ccccc1.Nc1cncc(F)c1-c1ccccc1.O=C(O)C(F)(F)F. The average Bonchev–Trinajstić information content (AvgIpc) is 2.89. The zero-order valence-electron chi connectivity index (χ0n) is 22.6. The Bertz CT molecular complexity index is 1460. The van der Waals surface area contributed by atoms with Crippen LogP contribution in [0.5, 0.6) is 0 Å². The smallest absolute Gasteiger partial charge is 0.475 e. The van der Waals surface area contributed by atoms with Gasteiger partial charge in [0, 0.05) is 11.1 Å². The average molecular weight is 591 g/mol. The van der Waals surface area contributed by atoms with Crippen molar-refractivity contribution in [2.24, 2.45) is 0 Å². The Balaban J connectivity index is 0.000000252. The molecule has 4 rings (SSSR count). The van der Waals surface area contributed by atoms with E-state index in [1.807, 2.05) is 36.4 Å². The maximum atomic E-state index is 14.1. The maximum Gasteiger partial charge on any atom is 0.490 e. The van der Waals surface area contributed by atoms with Crippen LogP contribution >= 0.6 is 0 Å². The van der Waals surface area contributed by atoms with Crippen molar-refractivity contribution >= 4 is 23.4 Å². The van der Waals surface area contributed by atoms with E-state index in [1.165, 1.54) is 18.6 Å². The number of pyridine rings is 2. The molecule has 13 heteroatoms. The quantitative estimate of drug-likeness (QED) is 0.213. The maximum absolute atomic E-state index is 14.1. The summed E-state index contributed by atoms with van der Waals surface area (Å²) in [5, 5.41) is 9.67. The van der Waals surface area contributed by atoms with Gasteiger partial charge in [-0.05, 0) is 31.9 Å². The number of carboxylic acids is 1. The number of rotatable bonds is 3. The molecular formula is C29H27F5N4O4. The number of ether oxygens (including phenoxy) is 1. The van der Waals surface area contributed by atoms with E-state index in [1.54, 1.807) is 45.0 Å². The highest BCUT2D eigenvalue weighted by molar-refractivity contribution is 5.91. The summed E-state index contributed by atoms with van der Waals surface area (Å²) < 4.78 is 64.4. The molecule has 0 aliphatic heterocycles. The molecule has 0 atom stereocenters. The van der Waals surface area contributed by atoms with Crippen LogP contribution in [0.2, 0.25) is 0 Å². The minimum Gasteiger partial charge on any atom is -0.475 e. The molecule has 42 heavy (non-hydrogen) atoms. The lowest BCUT2D eigenvalue weighted by atomic mass is 10.1. The van der Waals surface area contributed by atoms with Gasteiger partial charge in [0.2, 0.25) is 0 Å². The molecule has 0 bridgehead atoms. The Hall–Kier alpha value is -5.07. The van der Waals surface area contributed by atoms with Crippen LogP contribution in [0.4, 0.5) is 38.1 Å². The number of alkyl halides is 3. The van der Waals surface area contributed by atoms with Crippen LogP contribution in [0.25, 0.3) is 22.3 Å². The number of aromatic nitrogens is 2. The van der Waals surface area contributed by atoms with E-state index in [2.05, 4.69) is 15.3 Å². The Kier molecular flexibility index (Phi) is 11.5. The first-order valence-electron chi connectivity index (χ1n) is 12.0. The summed E-state index contributed by atoms with van der Waals surface area (Å²) in [4.78, 5) is 28.2. The number of carboxylic acid groups (broad SMARTS) is 1. The molecule has 4 aromatic rings. The highest BCUT2D eigenvalue weighted by Crippen LogP contribution is 2.30. The number of benzene rings is 2. The fourth-order valence-corrected chi connectivity index (χ4v) is 3.20. The van der Waals surface area contributed by atoms with Gasteiger partial charge < -0.3 is 15.6 Å². The van der Waals surface area contributed by atoms with Crippen molar-refractivity contribution in [1.82, 2.24) is 9.97 Å². The number of nitrogens with two attached hydrogens (primary N) is 1. The fourth-order valence-electron chi connectivity index (χ4n) is 3.20. The summed E-state index contributed by atoms with van der Waals surface area (Å²) in [6, 6.07) is 18.1. The normalized spacial score (nSPS) is 10.8. The first kappa shape index (κ1) is 33.1. The van der Waals surface area contributed by atoms with Crippen LogP contribution in [0, 0.1) is 11.6 Å². The molecule has 0 aliphatic carbocycles. The van der Waals surface area contributed by atoms with E-state index in [9.17, 15) is 26.7 Å². The Morgan fingerprint density at radius 2 is 1.21 bits per heavy atom. The zero-order valence-corrected chi connectivity index (χ0v) is 22.6. The van der Waals surface area contributed by atoms with Gasteiger partial charge in [-0.3, -0.25) is 15.3 Å². The molecule has 0 saturated carbocycles. The lowest BCUT2D eigenvalue weighted by molar-refractivity contribution is -0.192. The minimum atomic E-state index is -5.08. The van der Waals surface area contributed by atoms with Crippen LogP contribution in [-0.2, 0) is 9.53 Å². The molecule has 222 valence electrons. The van der Waals surface area contributed by atoms with Crippen molar-refractivity contribution in [2.45, 2.75) is 32.5 Å². The van der Waals surface area contributed by atoms with E-state index >= 15 is 0 Å². The highest BCUT2D eigenvalue weighted by Gasteiger charge is 2.38. The molecule has 0 unspecified atom stereocenters. The van der Waals surface area contributed by atoms with Gasteiger partial charge >= 0.3 is 18.2 Å². The predicted octanol–water partition coefficient (Wildman–Crippen LogP) is 7.34. The summed E-state index contributed by atoms with van der Waals surface area (Å²) >= 11 is 0. The molecule has 4 N–H and O–H groups in total. The van der Waals surface area contributed by atoms with Crippen LogP contribution < -0.4 is 11.1 Å². The van der Waals surface area contributed by atoms with Gasteiger partial charge in [-0.15, -0.1) is 0 Å². The van der Waals surface area contributed by atoms with Gasteiger partial charge in [0.1, 0.15) is 5.60 Å². The number of anilines is 2. The second kappa shape index (κ2) is 14.5. The Morgan fingerprint density at radius 1 is 0.786 bits per heavy atom. The molecule has 2 aromatic heterocycles. The third kappa shape index (κ3) is 10.5. The van der Waals surface area contributed by atoms with Gasteiger partial charge in [-0.25, -0.2) is 18.4 Å². The van der Waals surface area contributed by atoms with E-state index in [4.69, 9.17) is 20.4 Å². The molecule has 0 spiro atoms. The summed E-state index contributed by atoms with van der Waals surface area (Å²) in [6.45, 7) is 5.28. The topological polar surface area (TPSA) is 127 Å². The third-order valence-electron chi connectivity index (χ3n) is 4.83. The van der Waals surface area contributed by atoms with Gasteiger partial charge in [0.25, 0.3) is 0 Å². The van der Waals surface area contributed by atoms with Crippen molar-refractivity contribution in [3.05, 3.63) is 97.1 Å². The zero-order chi connectivity index (χ0) is 31.5. The molecule has 2 aromatic carbocycles. The number of carbonyl (C=O) groups is 2. The third-order valence-corrected chi connectivity index (χ3v) is 4.83. The van der Waals surface area contributed by atoms with Gasteiger partial charge in [-0.1, -0.05) is 60.7 Å². The lowest BCUT2D eigenvalue weighted by Crippen LogP contribution is -2.27. The number of amides is 1. The van der Waals surface area contributed by atoms with E-state index in [0.717, 1.165) is 11.8 Å². The van der Waals surface area contributed by atoms with Crippen LogP contribution in [0.15, 0.2) is 85.5 Å². The van der Waals surface area contributed by atoms with E-state index < -0.39 is 35.5 Å². The first-order valence-corrected chi connectivity index (χ1v) is 12.0. The molecule has 0 radical (unpaired) electrons. The molecular weight excluding hydrogens is 563 g/mol. The Morgan fingerprint density at radius 3 is 1.64 bits per heavy atom. The fraction of sp³-hybridized carbons (Fsp3) is 0.172. The molecule has 0 aliphatic rings. The van der Waals surface area contributed by atoms with E-state index in [-0.39, 0.29) is 11.3 Å².